The van der Waals surface area contributed by atoms with Gasteiger partial charge in [0.15, 0.2) is 0 Å². The Morgan fingerprint density at radius 2 is 1.67 bits per heavy atom. The van der Waals surface area contributed by atoms with E-state index < -0.39 is 0 Å². The highest BCUT2D eigenvalue weighted by molar-refractivity contribution is 5.83. The molecular weight excluding hydrogens is 524 g/mol. The maximum atomic E-state index is 9.17. The van der Waals surface area contributed by atoms with Crippen molar-refractivity contribution in [2.45, 2.75) is 19.5 Å². The summed E-state index contributed by atoms with van der Waals surface area (Å²) in [5.41, 5.74) is 6.45. The minimum absolute atomic E-state index is 0.215. The summed E-state index contributed by atoms with van der Waals surface area (Å²) < 4.78 is 8.24. The lowest BCUT2D eigenvalue weighted by atomic mass is 10.0. The van der Waals surface area contributed by atoms with Gasteiger partial charge in [0.2, 0.25) is 11.7 Å². The number of ether oxygens (including phenoxy) is 1. The molecule has 0 unspecified atom stereocenters. The largest absolute Gasteiger partial charge is 0.475 e. The first-order valence-electron chi connectivity index (χ1n) is 14.3. The predicted octanol–water partition coefficient (Wildman–Crippen LogP) is 5.05. The standard InChI is InChI=1S/C33H30N8O/c34-22-28-35-15-13-29(37-28)40-17-5-16-39(18-19-40)23-24-9-11-25(12-10-24)30-31(26-6-2-1-3-7-26)41-20-21-42-33-27(32(41)38-30)8-4-14-36-33/h1-4,6-15H,5,16-21,23H2. The van der Waals surface area contributed by atoms with Crippen LogP contribution in [0.4, 0.5) is 5.82 Å². The third-order valence-electron chi connectivity index (χ3n) is 7.87. The average Bonchev–Trinajstić information content (AvgIpc) is 3.15. The van der Waals surface area contributed by atoms with Gasteiger partial charge in [-0.1, -0.05) is 54.6 Å². The van der Waals surface area contributed by atoms with Crippen molar-refractivity contribution in [2.75, 3.05) is 37.7 Å². The van der Waals surface area contributed by atoms with Crippen molar-refractivity contribution in [3.63, 3.8) is 0 Å². The molecule has 1 saturated heterocycles. The predicted molar refractivity (Wildman–Crippen MR) is 161 cm³/mol. The summed E-state index contributed by atoms with van der Waals surface area (Å²) in [4.78, 5) is 22.8. The molecule has 0 bridgehead atoms. The van der Waals surface area contributed by atoms with E-state index in [1.54, 1.807) is 12.4 Å². The van der Waals surface area contributed by atoms with E-state index in [0.29, 0.717) is 19.0 Å². The van der Waals surface area contributed by atoms with E-state index in [4.69, 9.17) is 15.0 Å². The van der Waals surface area contributed by atoms with Crippen LogP contribution in [0.5, 0.6) is 5.88 Å². The molecule has 5 heterocycles. The summed E-state index contributed by atoms with van der Waals surface area (Å²) in [6.45, 7) is 5.82. The zero-order chi connectivity index (χ0) is 28.3. The fraction of sp³-hybridized carbons (Fsp3) is 0.242. The number of hydrogen-bond donors (Lipinski definition) is 0. The molecule has 9 heteroatoms. The first-order chi connectivity index (χ1) is 20.8. The zero-order valence-corrected chi connectivity index (χ0v) is 23.2. The van der Waals surface area contributed by atoms with Gasteiger partial charge < -0.3 is 14.2 Å². The van der Waals surface area contributed by atoms with Crippen LogP contribution >= 0.6 is 0 Å². The van der Waals surface area contributed by atoms with Crippen molar-refractivity contribution < 1.29 is 4.74 Å². The van der Waals surface area contributed by atoms with E-state index in [9.17, 15) is 0 Å². The topological polar surface area (TPSA) is 96.0 Å². The number of benzene rings is 2. The maximum absolute atomic E-state index is 9.17. The van der Waals surface area contributed by atoms with Gasteiger partial charge in [-0.2, -0.15) is 5.26 Å². The van der Waals surface area contributed by atoms with Gasteiger partial charge in [-0.15, -0.1) is 0 Å². The van der Waals surface area contributed by atoms with Gasteiger partial charge in [-0.3, -0.25) is 4.90 Å². The molecule has 0 amide bonds. The second-order valence-electron chi connectivity index (χ2n) is 10.5. The molecule has 9 nitrogen and oxygen atoms in total. The van der Waals surface area contributed by atoms with Gasteiger partial charge >= 0.3 is 0 Å². The molecule has 0 saturated carbocycles. The second-order valence-corrected chi connectivity index (χ2v) is 10.5. The van der Waals surface area contributed by atoms with Crippen LogP contribution in [0.3, 0.4) is 0 Å². The molecule has 1 fully saturated rings. The normalized spacial score (nSPS) is 15.1. The highest BCUT2D eigenvalue weighted by Gasteiger charge is 2.25. The van der Waals surface area contributed by atoms with Gasteiger partial charge in [0, 0.05) is 56.2 Å². The number of nitriles is 1. The lowest BCUT2D eigenvalue weighted by Crippen LogP contribution is -2.31. The number of imidazole rings is 1. The molecule has 0 N–H and O–H groups in total. The number of aromatic nitrogens is 5. The molecule has 7 rings (SSSR count). The van der Waals surface area contributed by atoms with E-state index in [-0.39, 0.29) is 5.82 Å². The number of nitrogens with zero attached hydrogens (tertiary/aromatic N) is 8. The van der Waals surface area contributed by atoms with Crippen molar-refractivity contribution in [3.05, 3.63) is 96.6 Å². The maximum Gasteiger partial charge on any atom is 0.234 e. The Morgan fingerprint density at radius 1 is 0.786 bits per heavy atom. The third-order valence-corrected chi connectivity index (χ3v) is 7.87. The Hall–Kier alpha value is -5.07. The molecule has 2 aliphatic heterocycles. The lowest BCUT2D eigenvalue weighted by molar-refractivity contribution is 0.285. The fourth-order valence-corrected chi connectivity index (χ4v) is 5.84. The molecule has 2 aromatic carbocycles. The van der Waals surface area contributed by atoms with Crippen LogP contribution in [0.2, 0.25) is 0 Å². The second kappa shape index (κ2) is 11.4. The number of hydrogen-bond acceptors (Lipinski definition) is 8. The molecule has 0 radical (unpaired) electrons. The van der Waals surface area contributed by atoms with Crippen molar-refractivity contribution in [1.82, 2.24) is 29.4 Å². The Balaban J connectivity index is 1.14. The summed E-state index contributed by atoms with van der Waals surface area (Å²) >= 11 is 0. The summed E-state index contributed by atoms with van der Waals surface area (Å²) in [5.74, 6) is 2.55. The first-order valence-corrected chi connectivity index (χ1v) is 14.3. The molecule has 0 aliphatic carbocycles. The molecule has 2 aliphatic rings. The minimum Gasteiger partial charge on any atom is -0.475 e. The summed E-state index contributed by atoms with van der Waals surface area (Å²) in [6, 6.07) is 27.2. The molecule has 0 spiro atoms. The van der Waals surface area contributed by atoms with Crippen LogP contribution in [-0.4, -0.2) is 62.2 Å². The first kappa shape index (κ1) is 25.9. The lowest BCUT2D eigenvalue weighted by Gasteiger charge is -2.22. The highest BCUT2D eigenvalue weighted by Crippen LogP contribution is 2.39. The van der Waals surface area contributed by atoms with E-state index in [1.165, 1.54) is 5.56 Å². The van der Waals surface area contributed by atoms with Crippen LogP contribution in [0.25, 0.3) is 33.9 Å². The van der Waals surface area contributed by atoms with E-state index in [2.05, 4.69) is 77.8 Å². The number of pyridine rings is 1. The van der Waals surface area contributed by atoms with Gasteiger partial charge in [0.25, 0.3) is 0 Å². The molecule has 0 atom stereocenters. The summed E-state index contributed by atoms with van der Waals surface area (Å²) in [6.07, 6.45) is 4.46. The van der Waals surface area contributed by atoms with Crippen molar-refractivity contribution in [2.24, 2.45) is 0 Å². The fourth-order valence-electron chi connectivity index (χ4n) is 5.84. The van der Waals surface area contributed by atoms with Crippen molar-refractivity contribution >= 4 is 5.82 Å². The van der Waals surface area contributed by atoms with Crippen molar-refractivity contribution in [3.8, 4) is 45.9 Å². The summed E-state index contributed by atoms with van der Waals surface area (Å²) in [5, 5.41) is 9.17. The average molecular weight is 555 g/mol. The quantitative estimate of drug-likeness (QED) is 0.298. The Labute approximate surface area is 244 Å². The molecule has 42 heavy (non-hydrogen) atoms. The SMILES string of the molecule is N#Cc1nccc(N2CCCN(Cc3ccc(-c4nc5n(c4-c4ccccc4)CCOc4ncccc4-5)cc3)CC2)n1. The summed E-state index contributed by atoms with van der Waals surface area (Å²) in [7, 11) is 0. The van der Waals surface area contributed by atoms with Crippen molar-refractivity contribution in [1.29, 1.82) is 5.26 Å². The minimum atomic E-state index is 0.215. The Bertz CT molecular complexity index is 1740. The van der Waals surface area contributed by atoms with Crippen LogP contribution in [0.1, 0.15) is 17.8 Å². The number of anilines is 1. The van der Waals surface area contributed by atoms with Crippen LogP contribution in [0.15, 0.2) is 85.2 Å². The van der Waals surface area contributed by atoms with E-state index in [0.717, 1.165) is 78.9 Å². The molecule has 5 aromatic rings. The zero-order valence-electron chi connectivity index (χ0n) is 23.2. The van der Waals surface area contributed by atoms with Crippen LogP contribution < -0.4 is 9.64 Å². The Morgan fingerprint density at radius 3 is 2.52 bits per heavy atom. The van der Waals surface area contributed by atoms with Gasteiger partial charge in [-0.25, -0.2) is 19.9 Å². The van der Waals surface area contributed by atoms with Crippen LogP contribution in [0, 0.1) is 11.3 Å². The van der Waals surface area contributed by atoms with Gasteiger partial charge in [0.1, 0.15) is 24.3 Å². The molecular formula is C33H30N8O. The monoisotopic (exact) mass is 554 g/mol. The highest BCUT2D eigenvalue weighted by atomic mass is 16.5. The van der Waals surface area contributed by atoms with Gasteiger partial charge in [0.05, 0.1) is 23.5 Å². The van der Waals surface area contributed by atoms with E-state index >= 15 is 0 Å². The molecule has 208 valence electrons. The third kappa shape index (κ3) is 5.08. The van der Waals surface area contributed by atoms with E-state index in [1.807, 2.05) is 30.3 Å². The van der Waals surface area contributed by atoms with Crippen LogP contribution in [-0.2, 0) is 13.1 Å². The molecule has 3 aromatic heterocycles. The number of rotatable bonds is 5. The van der Waals surface area contributed by atoms with Gasteiger partial charge in [-0.05, 0) is 30.2 Å². The number of fused-ring (bicyclic) bond motifs is 3. The Kier molecular flexibility index (Phi) is 7.04. The smallest absolute Gasteiger partial charge is 0.234 e.